The lowest BCUT2D eigenvalue weighted by molar-refractivity contribution is -0.111. The summed E-state index contributed by atoms with van der Waals surface area (Å²) in [6, 6.07) is 7.41. The standard InChI is InChI=1S/C19H16Cl2N2OS/c1-11-2-5-13-14(10-22)19(25-17(13)8-11)23-18(24)7-4-12-3-6-15(20)16(21)9-12/h3-4,6-7,9,11H,2,5,8H2,1H3,(H,23,24)/b7-4+/t11-/m0/s1. The Morgan fingerprint density at radius 3 is 2.92 bits per heavy atom. The highest BCUT2D eigenvalue weighted by Crippen LogP contribution is 2.39. The number of nitrogens with one attached hydrogen (secondary N) is 1. The molecule has 0 saturated heterocycles. The van der Waals surface area contributed by atoms with Gasteiger partial charge in [-0.25, -0.2) is 0 Å². The Kier molecular flexibility index (Phi) is 5.48. The number of amides is 1. The monoisotopic (exact) mass is 390 g/mol. The molecule has 1 aliphatic rings. The molecule has 1 aromatic heterocycles. The minimum atomic E-state index is -0.269. The van der Waals surface area contributed by atoms with Crippen LogP contribution >= 0.6 is 34.5 Å². The van der Waals surface area contributed by atoms with Crippen LogP contribution in [0.4, 0.5) is 5.00 Å². The summed E-state index contributed by atoms with van der Waals surface area (Å²) >= 11 is 13.4. The van der Waals surface area contributed by atoms with Crippen LogP contribution in [0, 0.1) is 17.2 Å². The highest BCUT2D eigenvalue weighted by atomic mass is 35.5. The zero-order valence-corrected chi connectivity index (χ0v) is 15.9. The van der Waals surface area contributed by atoms with Gasteiger partial charge in [-0.3, -0.25) is 4.79 Å². The zero-order valence-electron chi connectivity index (χ0n) is 13.6. The molecular formula is C19H16Cl2N2OS. The smallest absolute Gasteiger partial charge is 0.249 e. The summed E-state index contributed by atoms with van der Waals surface area (Å²) in [4.78, 5) is 13.4. The number of rotatable bonds is 3. The van der Waals surface area contributed by atoms with Crippen LogP contribution in [0.25, 0.3) is 6.08 Å². The number of halogens is 2. The van der Waals surface area contributed by atoms with Crippen LogP contribution in [0.15, 0.2) is 24.3 Å². The molecule has 0 bridgehead atoms. The molecule has 0 unspecified atom stereocenters. The summed E-state index contributed by atoms with van der Waals surface area (Å²) < 4.78 is 0. The summed E-state index contributed by atoms with van der Waals surface area (Å²) in [6.45, 7) is 2.22. The molecule has 0 radical (unpaired) electrons. The van der Waals surface area contributed by atoms with Gasteiger partial charge >= 0.3 is 0 Å². The lowest BCUT2D eigenvalue weighted by Gasteiger charge is -2.17. The Labute approximate surface area is 160 Å². The molecule has 0 aliphatic heterocycles. The van der Waals surface area contributed by atoms with Gasteiger partial charge in [-0.1, -0.05) is 36.2 Å². The van der Waals surface area contributed by atoms with Crippen molar-refractivity contribution in [3.05, 3.63) is 55.9 Å². The van der Waals surface area contributed by atoms with E-state index in [0.717, 1.165) is 30.4 Å². The van der Waals surface area contributed by atoms with Crippen molar-refractivity contribution in [3.63, 3.8) is 0 Å². The maximum atomic E-state index is 12.2. The minimum Gasteiger partial charge on any atom is -0.313 e. The average molecular weight is 391 g/mol. The van der Waals surface area contributed by atoms with Crippen molar-refractivity contribution in [2.45, 2.75) is 26.2 Å². The maximum absolute atomic E-state index is 12.2. The van der Waals surface area contributed by atoms with Crippen molar-refractivity contribution in [3.8, 4) is 6.07 Å². The van der Waals surface area contributed by atoms with Gasteiger partial charge in [0.2, 0.25) is 5.91 Å². The van der Waals surface area contributed by atoms with Crippen LogP contribution < -0.4 is 5.32 Å². The first kappa shape index (κ1) is 18.0. The second kappa shape index (κ2) is 7.61. The highest BCUT2D eigenvalue weighted by molar-refractivity contribution is 7.16. The molecular weight excluding hydrogens is 375 g/mol. The molecule has 0 fully saturated rings. The first-order chi connectivity index (χ1) is 12.0. The van der Waals surface area contributed by atoms with E-state index in [2.05, 4.69) is 18.3 Å². The molecule has 25 heavy (non-hydrogen) atoms. The number of thiophene rings is 1. The van der Waals surface area contributed by atoms with Crippen LogP contribution in [-0.2, 0) is 17.6 Å². The molecule has 3 nitrogen and oxygen atoms in total. The molecule has 1 heterocycles. The van der Waals surface area contributed by atoms with E-state index in [-0.39, 0.29) is 5.91 Å². The van der Waals surface area contributed by atoms with Gasteiger partial charge in [0.15, 0.2) is 0 Å². The van der Waals surface area contributed by atoms with E-state index >= 15 is 0 Å². The van der Waals surface area contributed by atoms with Gasteiger partial charge in [-0.15, -0.1) is 11.3 Å². The number of carbonyl (C=O) groups excluding carboxylic acids is 1. The van der Waals surface area contributed by atoms with Crippen molar-refractivity contribution >= 4 is 51.5 Å². The Balaban J connectivity index is 1.76. The summed E-state index contributed by atoms with van der Waals surface area (Å²) in [6.07, 6.45) is 6.07. The van der Waals surface area contributed by atoms with Crippen LogP contribution in [0.5, 0.6) is 0 Å². The number of fused-ring (bicyclic) bond motifs is 1. The van der Waals surface area contributed by atoms with Crippen LogP contribution in [-0.4, -0.2) is 5.91 Å². The fraction of sp³-hybridized carbons (Fsp3) is 0.263. The van der Waals surface area contributed by atoms with E-state index < -0.39 is 0 Å². The second-order valence-corrected chi connectivity index (χ2v) is 8.08. The molecule has 2 aromatic rings. The molecule has 3 rings (SSSR count). The number of hydrogen-bond acceptors (Lipinski definition) is 3. The summed E-state index contributed by atoms with van der Waals surface area (Å²) in [5.41, 5.74) is 2.50. The highest BCUT2D eigenvalue weighted by Gasteiger charge is 2.24. The van der Waals surface area contributed by atoms with Gasteiger partial charge < -0.3 is 5.32 Å². The van der Waals surface area contributed by atoms with Crippen molar-refractivity contribution in [1.82, 2.24) is 0 Å². The van der Waals surface area contributed by atoms with E-state index in [1.54, 1.807) is 24.3 Å². The Morgan fingerprint density at radius 1 is 1.40 bits per heavy atom. The van der Waals surface area contributed by atoms with E-state index in [0.29, 0.717) is 26.5 Å². The molecule has 0 saturated carbocycles. The Morgan fingerprint density at radius 2 is 2.20 bits per heavy atom. The molecule has 1 aliphatic carbocycles. The predicted molar refractivity (Wildman–Crippen MR) is 104 cm³/mol. The van der Waals surface area contributed by atoms with Gasteiger partial charge in [0.05, 0.1) is 15.6 Å². The third-order valence-electron chi connectivity index (χ3n) is 4.23. The SMILES string of the molecule is C[C@H]1CCc2c(sc(NC(=O)/C=C/c3ccc(Cl)c(Cl)c3)c2C#N)C1. The van der Waals surface area contributed by atoms with Gasteiger partial charge in [0.1, 0.15) is 11.1 Å². The molecule has 1 amide bonds. The normalized spacial score (nSPS) is 16.5. The van der Waals surface area contributed by atoms with Crippen LogP contribution in [0.2, 0.25) is 10.0 Å². The third kappa shape index (κ3) is 4.07. The molecule has 0 spiro atoms. The van der Waals surface area contributed by atoms with Crippen LogP contribution in [0.1, 0.15) is 34.9 Å². The lowest BCUT2D eigenvalue weighted by Crippen LogP contribution is -2.10. The molecule has 6 heteroatoms. The van der Waals surface area contributed by atoms with Gasteiger partial charge in [-0.05, 0) is 54.5 Å². The zero-order chi connectivity index (χ0) is 18.0. The summed E-state index contributed by atoms with van der Waals surface area (Å²) in [5.74, 6) is 0.352. The number of nitrogens with zero attached hydrogens (tertiary/aromatic N) is 1. The van der Waals surface area contributed by atoms with Crippen molar-refractivity contribution in [1.29, 1.82) is 5.26 Å². The Bertz CT molecular complexity index is 896. The number of anilines is 1. The first-order valence-electron chi connectivity index (χ1n) is 7.96. The molecule has 1 atom stereocenters. The summed E-state index contributed by atoms with van der Waals surface area (Å²) in [5, 5.41) is 13.9. The molecule has 1 aromatic carbocycles. The van der Waals surface area contributed by atoms with E-state index in [9.17, 15) is 10.1 Å². The largest absolute Gasteiger partial charge is 0.313 e. The van der Waals surface area contributed by atoms with Gasteiger partial charge in [0, 0.05) is 11.0 Å². The number of hydrogen-bond donors (Lipinski definition) is 1. The van der Waals surface area contributed by atoms with E-state index in [4.69, 9.17) is 23.2 Å². The fourth-order valence-corrected chi connectivity index (χ4v) is 4.57. The van der Waals surface area contributed by atoms with Crippen molar-refractivity contribution in [2.75, 3.05) is 5.32 Å². The quantitative estimate of drug-likeness (QED) is 0.682. The number of nitriles is 1. The Hall–Kier alpha value is -1.80. The molecule has 128 valence electrons. The first-order valence-corrected chi connectivity index (χ1v) is 9.54. The fourth-order valence-electron chi connectivity index (χ4n) is 2.90. The predicted octanol–water partition coefficient (Wildman–Crippen LogP) is 5.70. The molecule has 1 N–H and O–H groups in total. The van der Waals surface area contributed by atoms with Gasteiger partial charge in [-0.2, -0.15) is 5.26 Å². The van der Waals surface area contributed by atoms with Crippen molar-refractivity contribution in [2.24, 2.45) is 5.92 Å². The average Bonchev–Trinajstić information content (AvgIpc) is 2.91. The van der Waals surface area contributed by atoms with Gasteiger partial charge in [0.25, 0.3) is 0 Å². The van der Waals surface area contributed by atoms with Crippen LogP contribution in [0.3, 0.4) is 0 Å². The lowest BCUT2D eigenvalue weighted by atomic mass is 9.89. The number of benzene rings is 1. The van der Waals surface area contributed by atoms with E-state index in [1.165, 1.54) is 22.3 Å². The minimum absolute atomic E-state index is 0.269. The second-order valence-electron chi connectivity index (χ2n) is 6.16. The van der Waals surface area contributed by atoms with E-state index in [1.807, 2.05) is 0 Å². The maximum Gasteiger partial charge on any atom is 0.249 e. The third-order valence-corrected chi connectivity index (χ3v) is 6.14. The summed E-state index contributed by atoms with van der Waals surface area (Å²) in [7, 11) is 0. The number of carbonyl (C=O) groups is 1. The van der Waals surface area contributed by atoms with Crippen molar-refractivity contribution < 1.29 is 4.79 Å². The topological polar surface area (TPSA) is 52.9 Å².